The largest absolute Gasteiger partial charge is 0.478 e. The highest BCUT2D eigenvalue weighted by Crippen LogP contribution is 2.34. The van der Waals surface area contributed by atoms with Crippen LogP contribution >= 0.6 is 0 Å². The molecule has 0 aromatic carbocycles. The van der Waals surface area contributed by atoms with Crippen molar-refractivity contribution in [2.45, 2.75) is 32.5 Å². The molecule has 1 heterocycles. The molecule has 0 aliphatic heterocycles. The van der Waals surface area contributed by atoms with Gasteiger partial charge in [0.05, 0.1) is 11.1 Å². The zero-order valence-corrected chi connectivity index (χ0v) is 11.4. The number of carboxylic acids is 1. The molecule has 0 fully saturated rings. The molecule has 0 aliphatic rings. The lowest BCUT2D eigenvalue weighted by Crippen LogP contribution is -2.28. The zero-order chi connectivity index (χ0) is 16.4. The second kappa shape index (κ2) is 5.58. The van der Waals surface area contributed by atoms with Crippen LogP contribution in [-0.4, -0.2) is 27.8 Å². The van der Waals surface area contributed by atoms with Crippen molar-refractivity contribution in [3.8, 4) is 0 Å². The first-order valence-electron chi connectivity index (χ1n) is 5.70. The molecule has 1 rings (SSSR count). The number of alkyl halides is 3. The minimum absolute atomic E-state index is 0.391. The highest BCUT2D eigenvalue weighted by molar-refractivity contribution is 5.89. The van der Waals surface area contributed by atoms with Crippen LogP contribution in [0, 0.1) is 0 Å². The Morgan fingerprint density at radius 3 is 2.29 bits per heavy atom. The number of carbonyl (C=O) groups is 2. The number of hydrogen-bond acceptors (Lipinski definition) is 4. The van der Waals surface area contributed by atoms with Gasteiger partial charge in [0.25, 0.3) is 0 Å². The Hall–Kier alpha value is -2.32. The lowest BCUT2D eigenvalue weighted by molar-refractivity contribution is -0.137. The van der Waals surface area contributed by atoms with Crippen molar-refractivity contribution in [3.63, 3.8) is 0 Å². The van der Waals surface area contributed by atoms with Gasteiger partial charge in [-0.15, -0.1) is 0 Å². The van der Waals surface area contributed by atoms with E-state index in [2.05, 4.69) is 4.98 Å². The average Bonchev–Trinajstić information content (AvgIpc) is 2.24. The normalized spacial score (nSPS) is 11.9. The molecular weight excluding hydrogens is 293 g/mol. The Morgan fingerprint density at radius 1 is 1.29 bits per heavy atom. The molecule has 2 N–H and O–H groups in total. The summed E-state index contributed by atoms with van der Waals surface area (Å²) in [7, 11) is 0. The van der Waals surface area contributed by atoms with Gasteiger partial charge in [0, 0.05) is 6.20 Å². The highest BCUT2D eigenvalue weighted by Gasteiger charge is 2.36. The van der Waals surface area contributed by atoms with Crippen LogP contribution in [0.3, 0.4) is 0 Å². The van der Waals surface area contributed by atoms with Gasteiger partial charge in [0.1, 0.15) is 11.4 Å². The average molecular weight is 306 g/mol. The number of carboxylic acid groups (broad SMARTS) is 1. The Kier molecular flexibility index (Phi) is 4.45. The molecule has 0 aliphatic carbocycles. The van der Waals surface area contributed by atoms with Crippen LogP contribution < -0.4 is 5.32 Å². The van der Waals surface area contributed by atoms with E-state index in [1.54, 1.807) is 0 Å². The summed E-state index contributed by atoms with van der Waals surface area (Å²) in [5.41, 5.74) is -2.91. The van der Waals surface area contributed by atoms with Crippen molar-refractivity contribution in [2.24, 2.45) is 0 Å². The van der Waals surface area contributed by atoms with Crippen molar-refractivity contribution in [3.05, 3.63) is 23.4 Å². The molecule has 0 bridgehead atoms. The number of halogens is 3. The first-order chi connectivity index (χ1) is 9.40. The number of amides is 1. The monoisotopic (exact) mass is 306 g/mol. The molecule has 0 radical (unpaired) electrons. The predicted octanol–water partition coefficient (Wildman–Crippen LogP) is 3.15. The Bertz CT molecular complexity index is 565. The van der Waals surface area contributed by atoms with Crippen LogP contribution in [0.1, 0.15) is 36.7 Å². The van der Waals surface area contributed by atoms with Gasteiger partial charge in [-0.25, -0.2) is 14.6 Å². The fourth-order valence-corrected chi connectivity index (χ4v) is 1.30. The molecule has 116 valence electrons. The topological polar surface area (TPSA) is 88.5 Å². The van der Waals surface area contributed by atoms with E-state index in [0.717, 1.165) is 0 Å². The smallest absolute Gasteiger partial charge is 0.419 e. The molecule has 9 heteroatoms. The van der Waals surface area contributed by atoms with Crippen molar-refractivity contribution >= 4 is 17.9 Å². The van der Waals surface area contributed by atoms with Crippen molar-refractivity contribution in [1.82, 2.24) is 4.98 Å². The summed E-state index contributed by atoms with van der Waals surface area (Å²) in [5, 5.41) is 10.5. The molecule has 0 saturated carbocycles. The highest BCUT2D eigenvalue weighted by atomic mass is 19.4. The second-order valence-corrected chi connectivity index (χ2v) is 5.05. The number of anilines is 1. The van der Waals surface area contributed by atoms with Gasteiger partial charge in [-0.05, 0) is 26.8 Å². The van der Waals surface area contributed by atoms with Crippen LogP contribution in [0.2, 0.25) is 0 Å². The van der Waals surface area contributed by atoms with Gasteiger partial charge in [-0.2, -0.15) is 13.2 Å². The quantitative estimate of drug-likeness (QED) is 0.876. The number of hydrogen-bond donors (Lipinski definition) is 2. The van der Waals surface area contributed by atoms with Gasteiger partial charge >= 0.3 is 18.2 Å². The molecule has 6 nitrogen and oxygen atoms in total. The maximum absolute atomic E-state index is 12.9. The van der Waals surface area contributed by atoms with Crippen molar-refractivity contribution in [1.29, 1.82) is 0 Å². The molecule has 0 saturated heterocycles. The molecule has 21 heavy (non-hydrogen) atoms. The van der Waals surface area contributed by atoms with Crippen molar-refractivity contribution < 1.29 is 32.6 Å². The van der Waals surface area contributed by atoms with E-state index in [1.807, 2.05) is 5.32 Å². The van der Waals surface area contributed by atoms with Gasteiger partial charge in [0.15, 0.2) is 0 Å². The Labute approximate surface area is 117 Å². The Morgan fingerprint density at radius 2 is 1.86 bits per heavy atom. The maximum atomic E-state index is 12.9. The van der Waals surface area contributed by atoms with E-state index >= 15 is 0 Å². The number of aromatic nitrogens is 1. The summed E-state index contributed by atoms with van der Waals surface area (Å²) in [4.78, 5) is 25.5. The number of pyridine rings is 1. The van der Waals surface area contributed by atoms with Crippen LogP contribution in [0.5, 0.6) is 0 Å². The number of nitrogens with zero attached hydrogens (tertiary/aromatic N) is 1. The third kappa shape index (κ3) is 4.93. The zero-order valence-electron chi connectivity index (χ0n) is 11.4. The molecule has 1 amide bonds. The molecule has 0 spiro atoms. The van der Waals surface area contributed by atoms with E-state index in [0.29, 0.717) is 12.3 Å². The third-order valence-corrected chi connectivity index (χ3v) is 2.06. The molecular formula is C12H13F3N2O4. The van der Waals surface area contributed by atoms with Gasteiger partial charge in [0.2, 0.25) is 0 Å². The SMILES string of the molecule is CC(C)(C)OC(=O)Nc1ncc(C(=O)O)cc1C(F)(F)F. The number of carbonyl (C=O) groups excluding carboxylic acids is 1. The number of aromatic carboxylic acids is 1. The van der Waals surface area contributed by atoms with Crippen LogP contribution in [-0.2, 0) is 10.9 Å². The summed E-state index contributed by atoms with van der Waals surface area (Å²) in [6.07, 6.45) is -5.28. The molecule has 1 aromatic heterocycles. The number of nitrogens with one attached hydrogen (secondary N) is 1. The van der Waals surface area contributed by atoms with Gasteiger partial charge in [-0.3, -0.25) is 5.32 Å². The first-order valence-corrected chi connectivity index (χ1v) is 5.70. The second-order valence-electron chi connectivity index (χ2n) is 5.05. The first kappa shape index (κ1) is 16.7. The Balaban J connectivity index is 3.12. The fourth-order valence-electron chi connectivity index (χ4n) is 1.30. The summed E-state index contributed by atoms with van der Waals surface area (Å²) in [5.74, 6) is -2.38. The summed E-state index contributed by atoms with van der Waals surface area (Å²) in [6, 6.07) is 0.391. The summed E-state index contributed by atoms with van der Waals surface area (Å²) in [6.45, 7) is 4.62. The van der Waals surface area contributed by atoms with E-state index < -0.39 is 40.8 Å². The van der Waals surface area contributed by atoms with E-state index in [9.17, 15) is 22.8 Å². The minimum atomic E-state index is -4.87. The van der Waals surface area contributed by atoms with Crippen LogP contribution in [0.25, 0.3) is 0 Å². The summed E-state index contributed by atoms with van der Waals surface area (Å²) < 4.78 is 43.4. The van der Waals surface area contributed by atoms with Crippen LogP contribution in [0.4, 0.5) is 23.8 Å². The van der Waals surface area contributed by atoms with E-state index in [1.165, 1.54) is 20.8 Å². The van der Waals surface area contributed by atoms with Gasteiger partial charge in [-0.1, -0.05) is 0 Å². The van der Waals surface area contributed by atoms with E-state index in [-0.39, 0.29) is 0 Å². The lowest BCUT2D eigenvalue weighted by atomic mass is 10.2. The minimum Gasteiger partial charge on any atom is -0.478 e. The lowest BCUT2D eigenvalue weighted by Gasteiger charge is -2.20. The van der Waals surface area contributed by atoms with Gasteiger partial charge < -0.3 is 9.84 Å². The maximum Gasteiger partial charge on any atom is 0.419 e. The number of rotatable bonds is 2. The standard InChI is InChI=1S/C12H13F3N2O4/c1-11(2,3)21-10(20)17-8-7(12(13,14)15)4-6(5-16-8)9(18)19/h4-5H,1-3H3,(H,18,19)(H,16,17,20). The molecule has 0 atom stereocenters. The van der Waals surface area contributed by atoms with Crippen LogP contribution in [0.15, 0.2) is 12.3 Å². The molecule has 0 unspecified atom stereocenters. The predicted molar refractivity (Wildman–Crippen MR) is 66.1 cm³/mol. The van der Waals surface area contributed by atoms with Crippen molar-refractivity contribution in [2.75, 3.05) is 5.32 Å². The fraction of sp³-hybridized carbons (Fsp3) is 0.417. The summed E-state index contributed by atoms with van der Waals surface area (Å²) >= 11 is 0. The molecule has 1 aromatic rings. The van der Waals surface area contributed by atoms with E-state index in [4.69, 9.17) is 9.84 Å². The third-order valence-electron chi connectivity index (χ3n) is 2.06. The number of ether oxygens (including phenoxy) is 1.